The van der Waals surface area contributed by atoms with Crippen molar-refractivity contribution in [3.63, 3.8) is 0 Å². The lowest BCUT2D eigenvalue weighted by Gasteiger charge is -2.28. The summed E-state index contributed by atoms with van der Waals surface area (Å²) in [4.78, 5) is 23.1. The standard InChI is InChI=1S/C25H49NO5/c1-5-6-7-8-9-10-11-12-13-14-15-16-17-18-22(27)19-25(30)31-23(20-24(28)29)21-26(2,3)4/h22-23,27H,5-21H2,1-4H3/p+1/t22-,23-/m1/s1. The summed E-state index contributed by atoms with van der Waals surface area (Å²) in [7, 11) is 5.77. The van der Waals surface area contributed by atoms with Gasteiger partial charge in [-0.2, -0.15) is 0 Å². The number of carbonyl (C=O) groups excluding carboxylic acids is 1. The molecule has 0 unspecified atom stereocenters. The number of carbonyl (C=O) groups is 2. The molecule has 184 valence electrons. The van der Waals surface area contributed by atoms with Gasteiger partial charge in [0.2, 0.25) is 0 Å². The molecule has 0 fully saturated rings. The molecule has 0 aliphatic rings. The molecule has 0 saturated heterocycles. The smallest absolute Gasteiger partial charge is 0.308 e. The Kier molecular flexibility index (Phi) is 17.8. The third-order valence-electron chi connectivity index (χ3n) is 5.49. The number of hydrogen-bond acceptors (Lipinski definition) is 4. The lowest BCUT2D eigenvalue weighted by atomic mass is 10.0. The van der Waals surface area contributed by atoms with E-state index in [2.05, 4.69) is 6.92 Å². The van der Waals surface area contributed by atoms with E-state index in [-0.39, 0.29) is 12.8 Å². The predicted octanol–water partition coefficient (Wildman–Crippen LogP) is 5.31. The number of quaternary nitrogens is 1. The number of unbranched alkanes of at least 4 members (excludes halogenated alkanes) is 12. The molecule has 0 spiro atoms. The first kappa shape index (κ1) is 29.9. The molecule has 0 aliphatic carbocycles. The molecule has 0 aliphatic heterocycles. The lowest BCUT2D eigenvalue weighted by Crippen LogP contribution is -2.44. The third-order valence-corrected chi connectivity index (χ3v) is 5.49. The van der Waals surface area contributed by atoms with Crippen LogP contribution in [0.15, 0.2) is 0 Å². The fraction of sp³-hybridized carbons (Fsp3) is 0.920. The van der Waals surface area contributed by atoms with Gasteiger partial charge in [0.05, 0.1) is 40.1 Å². The molecule has 6 heteroatoms. The normalized spacial score (nSPS) is 13.7. The molecule has 2 N–H and O–H groups in total. The van der Waals surface area contributed by atoms with Crippen molar-refractivity contribution in [1.82, 2.24) is 0 Å². The van der Waals surface area contributed by atoms with Crippen molar-refractivity contribution in [2.75, 3.05) is 27.7 Å². The number of rotatable bonds is 21. The van der Waals surface area contributed by atoms with Gasteiger partial charge in [0.1, 0.15) is 6.54 Å². The fourth-order valence-electron chi connectivity index (χ4n) is 3.88. The largest absolute Gasteiger partial charge is 0.481 e. The van der Waals surface area contributed by atoms with E-state index < -0.39 is 24.1 Å². The lowest BCUT2D eigenvalue weighted by molar-refractivity contribution is -0.873. The highest BCUT2D eigenvalue weighted by atomic mass is 16.5. The van der Waals surface area contributed by atoms with Crippen molar-refractivity contribution < 1.29 is 29.0 Å². The number of esters is 1. The second-order valence-corrected chi connectivity index (χ2v) is 10.1. The maximum absolute atomic E-state index is 12.1. The van der Waals surface area contributed by atoms with Crippen molar-refractivity contribution in [2.24, 2.45) is 0 Å². The van der Waals surface area contributed by atoms with Crippen molar-refractivity contribution in [1.29, 1.82) is 0 Å². The van der Waals surface area contributed by atoms with Crippen molar-refractivity contribution in [3.8, 4) is 0 Å². The highest BCUT2D eigenvalue weighted by Gasteiger charge is 2.25. The predicted molar refractivity (Wildman–Crippen MR) is 126 cm³/mol. The first-order chi connectivity index (χ1) is 14.6. The van der Waals surface area contributed by atoms with E-state index in [1.165, 1.54) is 70.6 Å². The number of likely N-dealkylation sites (N-methyl/N-ethyl adjacent to an activating group) is 1. The van der Waals surface area contributed by atoms with Crippen LogP contribution in [-0.4, -0.2) is 66.5 Å². The molecule has 0 aromatic carbocycles. The van der Waals surface area contributed by atoms with Crippen molar-refractivity contribution in [3.05, 3.63) is 0 Å². The van der Waals surface area contributed by atoms with Crippen LogP contribution < -0.4 is 0 Å². The van der Waals surface area contributed by atoms with Crippen LogP contribution in [0.2, 0.25) is 0 Å². The van der Waals surface area contributed by atoms with Crippen molar-refractivity contribution in [2.45, 2.75) is 122 Å². The van der Waals surface area contributed by atoms with Crippen molar-refractivity contribution >= 4 is 11.9 Å². The first-order valence-corrected chi connectivity index (χ1v) is 12.5. The Morgan fingerprint density at radius 1 is 0.774 bits per heavy atom. The summed E-state index contributed by atoms with van der Waals surface area (Å²) in [6, 6.07) is 0. The van der Waals surface area contributed by atoms with Gasteiger partial charge in [-0.1, -0.05) is 90.4 Å². The minimum Gasteiger partial charge on any atom is -0.481 e. The number of aliphatic hydroxyl groups is 1. The van der Waals surface area contributed by atoms with Gasteiger partial charge in [0.15, 0.2) is 6.10 Å². The van der Waals surface area contributed by atoms with Gasteiger partial charge in [-0.3, -0.25) is 9.59 Å². The molecule has 31 heavy (non-hydrogen) atoms. The molecular formula is C25H50NO5+. The summed E-state index contributed by atoms with van der Waals surface area (Å²) in [5.41, 5.74) is 0. The maximum Gasteiger partial charge on any atom is 0.308 e. The van der Waals surface area contributed by atoms with E-state index >= 15 is 0 Å². The monoisotopic (exact) mass is 444 g/mol. The number of carboxylic acids is 1. The van der Waals surface area contributed by atoms with E-state index in [1.54, 1.807) is 0 Å². The molecule has 0 radical (unpaired) electrons. The molecule has 0 bridgehead atoms. The van der Waals surface area contributed by atoms with Gasteiger partial charge in [-0.15, -0.1) is 0 Å². The van der Waals surface area contributed by atoms with E-state index in [0.29, 0.717) is 17.4 Å². The van der Waals surface area contributed by atoms with Crippen LogP contribution in [0.1, 0.15) is 110 Å². The Morgan fingerprint density at radius 3 is 1.65 bits per heavy atom. The number of nitrogens with zero attached hydrogens (tertiary/aromatic N) is 1. The third kappa shape index (κ3) is 21.9. The number of aliphatic hydroxyl groups excluding tert-OH is 1. The van der Waals surface area contributed by atoms with Crippen LogP contribution in [0.5, 0.6) is 0 Å². The van der Waals surface area contributed by atoms with E-state index in [9.17, 15) is 14.7 Å². The quantitative estimate of drug-likeness (QED) is 0.142. The highest BCUT2D eigenvalue weighted by Crippen LogP contribution is 2.15. The molecule has 0 aromatic rings. The Hall–Kier alpha value is -1.14. The second-order valence-electron chi connectivity index (χ2n) is 10.1. The van der Waals surface area contributed by atoms with Crippen LogP contribution in [0.4, 0.5) is 0 Å². The molecule has 6 nitrogen and oxygen atoms in total. The summed E-state index contributed by atoms with van der Waals surface area (Å²) in [5, 5.41) is 19.1. The van der Waals surface area contributed by atoms with Crippen LogP contribution >= 0.6 is 0 Å². The zero-order valence-electron chi connectivity index (χ0n) is 20.7. The molecule has 2 atom stereocenters. The summed E-state index contributed by atoms with van der Waals surface area (Å²) >= 11 is 0. The zero-order chi connectivity index (χ0) is 23.5. The van der Waals surface area contributed by atoms with E-state index in [4.69, 9.17) is 9.84 Å². The Balaban J connectivity index is 3.74. The molecule has 0 rings (SSSR count). The summed E-state index contributed by atoms with van der Waals surface area (Å²) in [6.07, 6.45) is 15.5. The number of aliphatic carboxylic acids is 1. The van der Waals surface area contributed by atoms with Gasteiger partial charge >= 0.3 is 11.9 Å². The summed E-state index contributed by atoms with van der Waals surface area (Å²) in [6.45, 7) is 2.68. The molecule has 0 heterocycles. The van der Waals surface area contributed by atoms with Gasteiger partial charge in [0, 0.05) is 0 Å². The van der Waals surface area contributed by atoms with Crippen LogP contribution in [0.25, 0.3) is 0 Å². The maximum atomic E-state index is 12.1. The van der Waals surface area contributed by atoms with Gasteiger partial charge in [0.25, 0.3) is 0 Å². The SMILES string of the molecule is CCCCCCCCCCCCCCC[C@@H](O)CC(=O)O[C@H](CC(=O)O)C[N+](C)(C)C. The van der Waals surface area contributed by atoms with Gasteiger partial charge in [-0.25, -0.2) is 0 Å². The minimum absolute atomic E-state index is 0.0640. The molecular weight excluding hydrogens is 394 g/mol. The summed E-state index contributed by atoms with van der Waals surface area (Å²) in [5.74, 6) is -1.50. The minimum atomic E-state index is -0.987. The Labute approximate surface area is 190 Å². The molecule has 0 aromatic heterocycles. The Morgan fingerprint density at radius 2 is 1.23 bits per heavy atom. The highest BCUT2D eigenvalue weighted by molar-refractivity contribution is 5.71. The average Bonchev–Trinajstić information content (AvgIpc) is 2.63. The molecule has 0 amide bonds. The van der Waals surface area contributed by atoms with Gasteiger partial charge in [-0.05, 0) is 6.42 Å². The Bertz CT molecular complexity index is 461. The number of hydrogen-bond donors (Lipinski definition) is 2. The average molecular weight is 445 g/mol. The number of ether oxygens (including phenoxy) is 1. The molecule has 0 saturated carbocycles. The van der Waals surface area contributed by atoms with E-state index in [1.807, 2.05) is 21.1 Å². The second kappa shape index (κ2) is 18.4. The zero-order valence-corrected chi connectivity index (χ0v) is 20.7. The van der Waals surface area contributed by atoms with Gasteiger partial charge < -0.3 is 19.4 Å². The first-order valence-electron chi connectivity index (χ1n) is 12.5. The topological polar surface area (TPSA) is 83.8 Å². The van der Waals surface area contributed by atoms with Crippen LogP contribution in [0, 0.1) is 0 Å². The van der Waals surface area contributed by atoms with Crippen LogP contribution in [-0.2, 0) is 14.3 Å². The van der Waals surface area contributed by atoms with E-state index in [0.717, 1.165) is 12.8 Å². The van der Waals surface area contributed by atoms with Crippen LogP contribution in [0.3, 0.4) is 0 Å². The summed E-state index contributed by atoms with van der Waals surface area (Å²) < 4.78 is 5.84. The number of carboxylic acid groups (broad SMARTS) is 1. The fourth-order valence-corrected chi connectivity index (χ4v) is 3.88.